The molecule has 8 aromatic rings. The maximum absolute atomic E-state index is 6.52. The van der Waals surface area contributed by atoms with Crippen LogP contribution >= 0.6 is 0 Å². The third-order valence-electron chi connectivity index (χ3n) is 7.16. The van der Waals surface area contributed by atoms with Gasteiger partial charge in [0.25, 0.3) is 0 Å². The molecule has 0 saturated carbocycles. The van der Waals surface area contributed by atoms with Crippen LogP contribution in [0.25, 0.3) is 76.4 Å². The van der Waals surface area contributed by atoms with Gasteiger partial charge < -0.3 is 9.40 Å². The van der Waals surface area contributed by atoms with Crippen molar-refractivity contribution >= 4 is 65.3 Å². The highest BCUT2D eigenvalue weighted by atomic mass is 16.3. The van der Waals surface area contributed by atoms with E-state index in [2.05, 4.69) is 108 Å². The predicted molar refractivity (Wildman–Crippen MR) is 144 cm³/mol. The second-order valence-corrected chi connectivity index (χ2v) is 9.05. The molecule has 2 heteroatoms. The Bertz CT molecular complexity index is 2070. The van der Waals surface area contributed by atoms with Crippen LogP contribution in [0.4, 0.5) is 0 Å². The Morgan fingerprint density at radius 1 is 0.500 bits per heavy atom. The van der Waals surface area contributed by atoms with Gasteiger partial charge in [-0.05, 0) is 45.8 Å². The fourth-order valence-corrected chi connectivity index (χ4v) is 5.61. The highest BCUT2D eigenvalue weighted by molar-refractivity contribution is 6.23. The molecule has 0 aliphatic carbocycles. The number of hydrogen-bond acceptors (Lipinski definition) is 1. The standard InChI is InChI=1S/C32H19NO/c1-2-9-20-18-28-26(16-19(20)8-1)24-13-7-14-25(31(24)33-28)30-22-11-4-3-10-21(22)17-27-23-12-5-6-15-29(23)34-32(27)30/h1-18,33H. The molecular weight excluding hydrogens is 414 g/mol. The van der Waals surface area contributed by atoms with Gasteiger partial charge in [-0.3, -0.25) is 0 Å². The number of fused-ring (bicyclic) bond motifs is 8. The van der Waals surface area contributed by atoms with E-state index in [1.807, 2.05) is 6.07 Å². The summed E-state index contributed by atoms with van der Waals surface area (Å²) in [5.74, 6) is 0. The average molecular weight is 434 g/mol. The lowest BCUT2D eigenvalue weighted by molar-refractivity contribution is 0.670. The first-order valence-electron chi connectivity index (χ1n) is 11.6. The fraction of sp³-hybridized carbons (Fsp3) is 0. The lowest BCUT2D eigenvalue weighted by Gasteiger charge is -2.10. The zero-order valence-electron chi connectivity index (χ0n) is 18.3. The maximum Gasteiger partial charge on any atom is 0.143 e. The molecule has 2 aromatic heterocycles. The lowest BCUT2D eigenvalue weighted by Crippen LogP contribution is -1.85. The van der Waals surface area contributed by atoms with Crippen LogP contribution in [-0.2, 0) is 0 Å². The molecule has 0 saturated heterocycles. The number of nitrogens with one attached hydrogen (secondary N) is 1. The SMILES string of the molecule is c1ccc2cc3c(cc2c1)[nH]c1c(-c2c4ccccc4cc4c2oc2ccccc24)cccc13. The van der Waals surface area contributed by atoms with E-state index in [-0.39, 0.29) is 0 Å². The van der Waals surface area contributed by atoms with Crippen molar-refractivity contribution < 1.29 is 4.42 Å². The molecule has 34 heavy (non-hydrogen) atoms. The molecule has 1 N–H and O–H groups in total. The van der Waals surface area contributed by atoms with E-state index in [0.29, 0.717) is 0 Å². The molecule has 0 aliphatic heterocycles. The smallest absolute Gasteiger partial charge is 0.143 e. The minimum atomic E-state index is 0.920. The molecule has 2 heterocycles. The normalized spacial score (nSPS) is 12.1. The highest BCUT2D eigenvalue weighted by Crippen LogP contribution is 2.44. The summed E-state index contributed by atoms with van der Waals surface area (Å²) in [5, 5.41) is 9.70. The highest BCUT2D eigenvalue weighted by Gasteiger charge is 2.19. The summed E-state index contributed by atoms with van der Waals surface area (Å²) in [7, 11) is 0. The van der Waals surface area contributed by atoms with E-state index >= 15 is 0 Å². The molecule has 0 atom stereocenters. The maximum atomic E-state index is 6.52. The Morgan fingerprint density at radius 3 is 2.06 bits per heavy atom. The first-order valence-corrected chi connectivity index (χ1v) is 11.6. The number of furan rings is 1. The van der Waals surface area contributed by atoms with E-state index in [4.69, 9.17) is 4.42 Å². The summed E-state index contributed by atoms with van der Waals surface area (Å²) in [6.07, 6.45) is 0. The van der Waals surface area contributed by atoms with Gasteiger partial charge in [-0.1, -0.05) is 84.9 Å². The van der Waals surface area contributed by atoms with Crippen molar-refractivity contribution in [3.63, 3.8) is 0 Å². The third-order valence-corrected chi connectivity index (χ3v) is 7.16. The molecule has 0 bridgehead atoms. The van der Waals surface area contributed by atoms with Gasteiger partial charge in [-0.15, -0.1) is 0 Å². The Morgan fingerprint density at radius 2 is 1.18 bits per heavy atom. The molecular formula is C32H19NO. The van der Waals surface area contributed by atoms with Crippen LogP contribution in [0, 0.1) is 0 Å². The van der Waals surface area contributed by atoms with Gasteiger partial charge in [0, 0.05) is 38.2 Å². The number of aromatic amines is 1. The number of hydrogen-bond donors (Lipinski definition) is 1. The summed E-state index contributed by atoms with van der Waals surface area (Å²) in [5.41, 5.74) is 6.47. The van der Waals surface area contributed by atoms with E-state index in [1.165, 1.54) is 37.9 Å². The molecule has 0 radical (unpaired) electrons. The Hall–Kier alpha value is -4.56. The Kier molecular flexibility index (Phi) is 3.42. The van der Waals surface area contributed by atoms with E-state index < -0.39 is 0 Å². The van der Waals surface area contributed by atoms with Crippen LogP contribution in [0.3, 0.4) is 0 Å². The molecule has 0 spiro atoms. The topological polar surface area (TPSA) is 28.9 Å². The number of aromatic nitrogens is 1. The number of benzene rings is 6. The Balaban J connectivity index is 1.57. The molecule has 0 fully saturated rings. The van der Waals surface area contributed by atoms with Crippen LogP contribution in [0.5, 0.6) is 0 Å². The van der Waals surface area contributed by atoms with Gasteiger partial charge in [-0.2, -0.15) is 0 Å². The van der Waals surface area contributed by atoms with Crippen molar-refractivity contribution in [1.29, 1.82) is 0 Å². The quantitative estimate of drug-likeness (QED) is 0.275. The van der Waals surface area contributed by atoms with Crippen molar-refractivity contribution in [3.8, 4) is 11.1 Å². The molecule has 8 rings (SSSR count). The van der Waals surface area contributed by atoms with Crippen LogP contribution in [0.2, 0.25) is 0 Å². The Labute approximate surface area is 195 Å². The number of para-hydroxylation sites is 2. The van der Waals surface area contributed by atoms with Gasteiger partial charge >= 0.3 is 0 Å². The van der Waals surface area contributed by atoms with Crippen molar-refractivity contribution in [1.82, 2.24) is 4.98 Å². The minimum absolute atomic E-state index is 0.920. The van der Waals surface area contributed by atoms with E-state index in [0.717, 1.165) is 38.5 Å². The molecule has 0 amide bonds. The first kappa shape index (κ1) is 17.9. The largest absolute Gasteiger partial charge is 0.455 e. The third kappa shape index (κ3) is 2.35. The summed E-state index contributed by atoms with van der Waals surface area (Å²) >= 11 is 0. The van der Waals surface area contributed by atoms with E-state index in [1.54, 1.807) is 0 Å². The van der Waals surface area contributed by atoms with E-state index in [9.17, 15) is 0 Å². The van der Waals surface area contributed by atoms with Gasteiger partial charge in [0.05, 0.1) is 5.52 Å². The van der Waals surface area contributed by atoms with Crippen LogP contribution in [0.1, 0.15) is 0 Å². The van der Waals surface area contributed by atoms with Gasteiger partial charge in [0.1, 0.15) is 11.2 Å². The van der Waals surface area contributed by atoms with Crippen LogP contribution in [0.15, 0.2) is 114 Å². The van der Waals surface area contributed by atoms with Crippen LogP contribution < -0.4 is 0 Å². The predicted octanol–water partition coefficient (Wildman–Crippen LogP) is 9.19. The van der Waals surface area contributed by atoms with Crippen molar-refractivity contribution in [2.75, 3.05) is 0 Å². The summed E-state index contributed by atoms with van der Waals surface area (Å²) in [4.78, 5) is 3.76. The van der Waals surface area contributed by atoms with Crippen molar-refractivity contribution in [3.05, 3.63) is 109 Å². The monoisotopic (exact) mass is 433 g/mol. The molecule has 2 nitrogen and oxygen atoms in total. The molecule has 6 aromatic carbocycles. The molecule has 0 aliphatic rings. The minimum Gasteiger partial charge on any atom is -0.455 e. The van der Waals surface area contributed by atoms with Gasteiger partial charge in [-0.25, -0.2) is 0 Å². The summed E-state index contributed by atoms with van der Waals surface area (Å²) in [6.45, 7) is 0. The lowest BCUT2D eigenvalue weighted by atomic mass is 9.93. The molecule has 158 valence electrons. The van der Waals surface area contributed by atoms with Crippen LogP contribution in [-0.4, -0.2) is 4.98 Å². The first-order chi connectivity index (χ1) is 16.8. The summed E-state index contributed by atoms with van der Waals surface area (Å²) < 4.78 is 6.52. The second-order valence-electron chi connectivity index (χ2n) is 9.05. The van der Waals surface area contributed by atoms with Crippen molar-refractivity contribution in [2.45, 2.75) is 0 Å². The number of rotatable bonds is 1. The fourth-order valence-electron chi connectivity index (χ4n) is 5.61. The van der Waals surface area contributed by atoms with Gasteiger partial charge in [0.2, 0.25) is 0 Å². The van der Waals surface area contributed by atoms with Crippen molar-refractivity contribution in [2.24, 2.45) is 0 Å². The zero-order valence-corrected chi connectivity index (χ0v) is 18.3. The summed E-state index contributed by atoms with van der Waals surface area (Å²) in [6, 6.07) is 38.9. The zero-order chi connectivity index (χ0) is 22.2. The van der Waals surface area contributed by atoms with Gasteiger partial charge in [0.15, 0.2) is 0 Å². The number of H-pyrrole nitrogens is 1. The second kappa shape index (κ2) is 6.49. The average Bonchev–Trinajstić information content (AvgIpc) is 3.43. The molecule has 0 unspecified atom stereocenters.